The summed E-state index contributed by atoms with van der Waals surface area (Å²) in [7, 11) is 1.49. The van der Waals surface area contributed by atoms with Crippen LogP contribution in [0.3, 0.4) is 0 Å². The van der Waals surface area contributed by atoms with Crippen LogP contribution in [0.4, 0.5) is 4.39 Å². The third-order valence-electron chi connectivity index (χ3n) is 7.07. The first kappa shape index (κ1) is 23.0. The highest BCUT2D eigenvalue weighted by Crippen LogP contribution is 2.41. The summed E-state index contributed by atoms with van der Waals surface area (Å²) in [5.41, 5.74) is -0.0716. The number of methoxy groups -OCH3 is 1. The van der Waals surface area contributed by atoms with E-state index in [4.69, 9.17) is 4.74 Å². The Hall–Kier alpha value is -2.16. The summed E-state index contributed by atoms with van der Waals surface area (Å²) in [5.74, 6) is -0.796. The first-order valence-corrected chi connectivity index (χ1v) is 11.1. The molecule has 5 rings (SSSR count). The molecule has 7 nitrogen and oxygen atoms in total. The van der Waals surface area contributed by atoms with Crippen LogP contribution in [-0.4, -0.2) is 53.3 Å². The van der Waals surface area contributed by atoms with Gasteiger partial charge in [0.15, 0.2) is 5.75 Å². The molecule has 1 saturated carbocycles. The minimum Gasteiger partial charge on any atom is -0.494 e. The maximum Gasteiger partial charge on any atom is 0.341 e. The summed E-state index contributed by atoms with van der Waals surface area (Å²) in [6.07, 6.45) is 6.74. The number of carbonyl (C=O) groups is 1. The van der Waals surface area contributed by atoms with Gasteiger partial charge in [0.2, 0.25) is 5.43 Å². The van der Waals surface area contributed by atoms with E-state index in [-0.39, 0.29) is 29.4 Å². The number of nitrogens with one attached hydrogen (secondary N) is 1. The largest absolute Gasteiger partial charge is 0.494 e. The zero-order valence-corrected chi connectivity index (χ0v) is 18.9. The molecule has 0 amide bonds. The molecule has 0 radical (unpaired) electrons. The Labute approximate surface area is 191 Å². The minimum atomic E-state index is -1.30. The first-order chi connectivity index (χ1) is 15.0. The Morgan fingerprint density at radius 1 is 1.31 bits per heavy atom. The number of likely N-dealkylation sites (tertiary alicyclic amines) is 1. The highest BCUT2D eigenvalue weighted by molar-refractivity contribution is 5.95. The summed E-state index contributed by atoms with van der Waals surface area (Å²) in [4.78, 5) is 26.7. The average Bonchev–Trinajstić information content (AvgIpc) is 3.60. The quantitative estimate of drug-likeness (QED) is 0.705. The second kappa shape index (κ2) is 9.00. The van der Waals surface area contributed by atoms with Gasteiger partial charge in [0, 0.05) is 36.9 Å². The number of pyridine rings is 1. The van der Waals surface area contributed by atoms with E-state index in [9.17, 15) is 14.7 Å². The number of aromatic carboxylic acids is 1. The number of fused-ring (bicyclic) bond motifs is 2. The fourth-order valence-electron chi connectivity index (χ4n) is 5.32. The van der Waals surface area contributed by atoms with Gasteiger partial charge in [-0.1, -0.05) is 0 Å². The lowest BCUT2D eigenvalue weighted by molar-refractivity contribution is 0.0695. The van der Waals surface area contributed by atoms with Crippen LogP contribution in [0.5, 0.6) is 5.75 Å². The Kier molecular flexibility index (Phi) is 6.47. The molecule has 2 saturated heterocycles. The van der Waals surface area contributed by atoms with Gasteiger partial charge in [0.25, 0.3) is 0 Å². The van der Waals surface area contributed by atoms with Crippen molar-refractivity contribution in [2.45, 2.75) is 50.7 Å². The van der Waals surface area contributed by atoms with Crippen molar-refractivity contribution in [3.05, 3.63) is 39.4 Å². The van der Waals surface area contributed by atoms with Crippen LogP contribution in [0.2, 0.25) is 0 Å². The normalized spacial score (nSPS) is 23.4. The Balaban J connectivity index is 0.00000245. The SMILES string of the molecule is COc1c(CN2CCC3CCCNC3C2)c(F)cc2c(=O)c(C(=O)O)cn(C3CC3)c12.Cl. The maximum atomic E-state index is 15.3. The summed E-state index contributed by atoms with van der Waals surface area (Å²) < 4.78 is 22.8. The predicted octanol–water partition coefficient (Wildman–Crippen LogP) is 3.18. The average molecular weight is 466 g/mol. The van der Waals surface area contributed by atoms with Crippen LogP contribution in [0, 0.1) is 11.7 Å². The molecule has 2 unspecified atom stereocenters. The second-order valence-corrected chi connectivity index (χ2v) is 9.07. The standard InChI is InChI=1S/C23H28FN3O4.ClH/c1-31-22-16(10-26-8-6-13-3-2-7-25-19(13)12-26)18(24)9-15-20(22)27(14-4-5-14)11-17(21(15)28)23(29)30;/h9,11,13-14,19,25H,2-8,10,12H2,1H3,(H,29,30);1H. The lowest BCUT2D eigenvalue weighted by atomic mass is 9.85. The lowest BCUT2D eigenvalue weighted by Crippen LogP contribution is -2.53. The minimum absolute atomic E-state index is 0. The Bertz CT molecular complexity index is 1100. The second-order valence-electron chi connectivity index (χ2n) is 9.07. The molecule has 0 bridgehead atoms. The molecule has 0 spiro atoms. The first-order valence-electron chi connectivity index (χ1n) is 11.1. The number of benzene rings is 1. The molecule has 2 aliphatic heterocycles. The highest BCUT2D eigenvalue weighted by atomic mass is 35.5. The van der Waals surface area contributed by atoms with Crippen LogP contribution < -0.4 is 15.5 Å². The lowest BCUT2D eigenvalue weighted by Gasteiger charge is -2.42. The van der Waals surface area contributed by atoms with Gasteiger partial charge in [0.05, 0.1) is 18.0 Å². The molecule has 2 aromatic rings. The van der Waals surface area contributed by atoms with Gasteiger partial charge < -0.3 is 19.7 Å². The maximum absolute atomic E-state index is 15.3. The van der Waals surface area contributed by atoms with Crippen molar-refractivity contribution in [2.75, 3.05) is 26.7 Å². The molecule has 32 heavy (non-hydrogen) atoms. The van der Waals surface area contributed by atoms with Crippen molar-refractivity contribution >= 4 is 29.3 Å². The number of piperidine rings is 2. The van der Waals surface area contributed by atoms with Crippen LogP contribution in [-0.2, 0) is 6.54 Å². The molecule has 1 aromatic carbocycles. The van der Waals surface area contributed by atoms with E-state index in [0.717, 1.165) is 38.9 Å². The van der Waals surface area contributed by atoms with Crippen LogP contribution >= 0.6 is 12.4 Å². The van der Waals surface area contributed by atoms with E-state index in [1.165, 1.54) is 32.2 Å². The fraction of sp³-hybridized carbons (Fsp3) is 0.565. The summed E-state index contributed by atoms with van der Waals surface area (Å²) in [6.45, 7) is 3.19. The molecule has 3 heterocycles. The number of rotatable bonds is 5. The van der Waals surface area contributed by atoms with E-state index in [1.807, 2.05) is 0 Å². The van der Waals surface area contributed by atoms with E-state index < -0.39 is 17.2 Å². The molecule has 174 valence electrons. The summed E-state index contributed by atoms with van der Waals surface area (Å²) >= 11 is 0. The number of hydrogen-bond donors (Lipinski definition) is 2. The fourth-order valence-corrected chi connectivity index (χ4v) is 5.32. The van der Waals surface area contributed by atoms with Gasteiger partial charge in [-0.25, -0.2) is 9.18 Å². The molecule has 3 fully saturated rings. The Morgan fingerprint density at radius 3 is 2.78 bits per heavy atom. The molecular weight excluding hydrogens is 437 g/mol. The summed E-state index contributed by atoms with van der Waals surface area (Å²) in [5, 5.41) is 13.1. The third kappa shape index (κ3) is 4.00. The molecule has 1 aromatic heterocycles. The summed E-state index contributed by atoms with van der Waals surface area (Å²) in [6, 6.07) is 1.74. The van der Waals surface area contributed by atoms with E-state index in [2.05, 4.69) is 10.2 Å². The van der Waals surface area contributed by atoms with Crippen molar-refractivity contribution in [3.8, 4) is 5.75 Å². The van der Waals surface area contributed by atoms with Crippen molar-refractivity contribution in [3.63, 3.8) is 0 Å². The highest BCUT2D eigenvalue weighted by Gasteiger charge is 2.33. The van der Waals surface area contributed by atoms with Crippen molar-refractivity contribution in [1.82, 2.24) is 14.8 Å². The van der Waals surface area contributed by atoms with Gasteiger partial charge in [-0.15, -0.1) is 12.4 Å². The molecule has 2 N–H and O–H groups in total. The van der Waals surface area contributed by atoms with Crippen LogP contribution in [0.1, 0.15) is 54.1 Å². The Morgan fingerprint density at radius 2 is 2.09 bits per heavy atom. The molecule has 1 aliphatic carbocycles. The van der Waals surface area contributed by atoms with Crippen LogP contribution in [0.15, 0.2) is 17.1 Å². The molecular formula is C23H29ClFN3O4. The zero-order valence-electron chi connectivity index (χ0n) is 18.1. The monoisotopic (exact) mass is 465 g/mol. The number of carboxylic acids is 1. The smallest absolute Gasteiger partial charge is 0.341 e. The number of nitrogens with zero attached hydrogens (tertiary/aromatic N) is 2. The molecule has 3 aliphatic rings. The number of halogens is 2. The molecule has 9 heteroatoms. The molecule has 2 atom stereocenters. The number of hydrogen-bond acceptors (Lipinski definition) is 5. The van der Waals surface area contributed by atoms with Gasteiger partial charge in [-0.05, 0) is 57.2 Å². The van der Waals surface area contributed by atoms with Crippen molar-refractivity contribution < 1.29 is 19.0 Å². The number of ether oxygens (including phenoxy) is 1. The van der Waals surface area contributed by atoms with E-state index in [0.29, 0.717) is 35.3 Å². The zero-order chi connectivity index (χ0) is 21.7. The van der Waals surface area contributed by atoms with Gasteiger partial charge >= 0.3 is 5.97 Å². The van der Waals surface area contributed by atoms with E-state index >= 15 is 4.39 Å². The van der Waals surface area contributed by atoms with Crippen LogP contribution in [0.25, 0.3) is 10.9 Å². The third-order valence-corrected chi connectivity index (χ3v) is 7.07. The van der Waals surface area contributed by atoms with Crippen molar-refractivity contribution in [2.24, 2.45) is 5.92 Å². The number of aromatic nitrogens is 1. The number of carboxylic acid groups (broad SMARTS) is 1. The topological polar surface area (TPSA) is 83.8 Å². The van der Waals surface area contributed by atoms with Gasteiger partial charge in [-0.2, -0.15) is 0 Å². The predicted molar refractivity (Wildman–Crippen MR) is 122 cm³/mol. The van der Waals surface area contributed by atoms with Crippen molar-refractivity contribution in [1.29, 1.82) is 0 Å². The van der Waals surface area contributed by atoms with E-state index in [1.54, 1.807) is 4.57 Å². The van der Waals surface area contributed by atoms with Gasteiger partial charge in [-0.3, -0.25) is 9.69 Å². The van der Waals surface area contributed by atoms with Gasteiger partial charge in [0.1, 0.15) is 11.4 Å².